The second kappa shape index (κ2) is 4.65. The van der Waals surface area contributed by atoms with Crippen LogP contribution in [0, 0.1) is 0 Å². The van der Waals surface area contributed by atoms with E-state index >= 15 is 0 Å². The van der Waals surface area contributed by atoms with Gasteiger partial charge in [-0.15, -0.1) is 0 Å². The van der Waals surface area contributed by atoms with E-state index in [0.29, 0.717) is 12.1 Å². The maximum absolute atomic E-state index is 11.0. The van der Waals surface area contributed by atoms with Gasteiger partial charge in [0.15, 0.2) is 0 Å². The summed E-state index contributed by atoms with van der Waals surface area (Å²) in [7, 11) is 0. The number of hydrogen-bond donors (Lipinski definition) is 3. The fraction of sp³-hybridized carbons (Fsp3) is 0.273. The lowest BCUT2D eigenvalue weighted by atomic mass is 9.93. The fourth-order valence-corrected chi connectivity index (χ4v) is 1.43. The Morgan fingerprint density at radius 3 is 2.81 bits per heavy atom. The summed E-state index contributed by atoms with van der Waals surface area (Å²) in [5.41, 5.74) is 5.61. The summed E-state index contributed by atoms with van der Waals surface area (Å²) < 4.78 is 0. The molecule has 0 bridgehead atoms. The van der Waals surface area contributed by atoms with Gasteiger partial charge in [0.1, 0.15) is 5.54 Å². The average Bonchev–Trinajstić information content (AvgIpc) is 2.17. The van der Waals surface area contributed by atoms with Gasteiger partial charge in [-0.05, 0) is 24.6 Å². The van der Waals surface area contributed by atoms with E-state index in [1.165, 1.54) is 6.92 Å². The molecule has 0 saturated heterocycles. The summed E-state index contributed by atoms with van der Waals surface area (Å²) in [5.74, 6) is -1.08. The summed E-state index contributed by atoms with van der Waals surface area (Å²) in [6.07, 6.45) is 0.576. The van der Waals surface area contributed by atoms with Gasteiger partial charge in [-0.25, -0.2) is 4.79 Å². The molecule has 0 aliphatic rings. The first-order chi connectivity index (χ1) is 7.48. The third kappa shape index (κ3) is 2.73. The molecule has 1 amide bonds. The second-order valence-corrected chi connectivity index (χ2v) is 3.82. The SMILES string of the molecule is C[C@@](Cc1cccc(N)c1)(NC=O)C(=O)O. The van der Waals surface area contributed by atoms with Gasteiger partial charge in [-0.3, -0.25) is 4.79 Å². The lowest BCUT2D eigenvalue weighted by Crippen LogP contribution is -2.50. The van der Waals surface area contributed by atoms with E-state index in [0.717, 1.165) is 5.56 Å². The molecule has 0 spiro atoms. The molecular formula is C11H14N2O3. The van der Waals surface area contributed by atoms with Gasteiger partial charge in [0.2, 0.25) is 6.41 Å². The van der Waals surface area contributed by atoms with Crippen molar-refractivity contribution in [3.05, 3.63) is 29.8 Å². The molecule has 4 N–H and O–H groups in total. The number of benzene rings is 1. The first-order valence-electron chi connectivity index (χ1n) is 4.77. The number of nitrogens with two attached hydrogens (primary N) is 1. The maximum atomic E-state index is 11.0. The molecule has 5 nitrogen and oxygen atoms in total. The highest BCUT2D eigenvalue weighted by molar-refractivity contribution is 5.81. The van der Waals surface area contributed by atoms with E-state index in [-0.39, 0.29) is 6.42 Å². The van der Waals surface area contributed by atoms with Crippen LogP contribution in [0.4, 0.5) is 5.69 Å². The lowest BCUT2D eigenvalue weighted by Gasteiger charge is -2.24. The summed E-state index contributed by atoms with van der Waals surface area (Å²) in [6.45, 7) is 1.45. The molecule has 0 aliphatic carbocycles. The molecule has 1 atom stereocenters. The number of carbonyl (C=O) groups excluding carboxylic acids is 1. The number of carboxylic acid groups (broad SMARTS) is 1. The molecule has 86 valence electrons. The molecule has 0 aliphatic heterocycles. The first kappa shape index (κ1) is 12.0. The third-order valence-electron chi connectivity index (χ3n) is 2.36. The van der Waals surface area contributed by atoms with Crippen molar-refractivity contribution in [2.75, 3.05) is 5.73 Å². The van der Waals surface area contributed by atoms with Crippen molar-refractivity contribution in [2.24, 2.45) is 0 Å². The number of aliphatic carboxylic acids is 1. The van der Waals surface area contributed by atoms with Crippen LogP contribution < -0.4 is 11.1 Å². The zero-order valence-electron chi connectivity index (χ0n) is 8.93. The number of nitrogen functional groups attached to an aromatic ring is 1. The van der Waals surface area contributed by atoms with Crippen LogP contribution in [0.2, 0.25) is 0 Å². The third-order valence-corrected chi connectivity index (χ3v) is 2.36. The monoisotopic (exact) mass is 222 g/mol. The number of amides is 1. The maximum Gasteiger partial charge on any atom is 0.329 e. The molecule has 16 heavy (non-hydrogen) atoms. The van der Waals surface area contributed by atoms with E-state index in [1.54, 1.807) is 24.3 Å². The normalized spacial score (nSPS) is 13.8. The van der Waals surface area contributed by atoms with Gasteiger partial charge in [0, 0.05) is 12.1 Å². The Morgan fingerprint density at radius 2 is 2.31 bits per heavy atom. The lowest BCUT2D eigenvalue weighted by molar-refractivity contribution is -0.145. The highest BCUT2D eigenvalue weighted by Crippen LogP contribution is 2.15. The van der Waals surface area contributed by atoms with Crippen LogP contribution in [0.1, 0.15) is 12.5 Å². The second-order valence-electron chi connectivity index (χ2n) is 3.82. The molecule has 0 fully saturated rings. The van der Waals surface area contributed by atoms with E-state index in [2.05, 4.69) is 5.32 Å². The molecule has 1 aromatic carbocycles. The molecular weight excluding hydrogens is 208 g/mol. The van der Waals surface area contributed by atoms with Crippen molar-refractivity contribution < 1.29 is 14.7 Å². The van der Waals surface area contributed by atoms with Crippen LogP contribution in [0.3, 0.4) is 0 Å². The van der Waals surface area contributed by atoms with E-state index in [4.69, 9.17) is 10.8 Å². The van der Waals surface area contributed by atoms with Crippen LogP contribution in [-0.4, -0.2) is 23.0 Å². The van der Waals surface area contributed by atoms with Crippen molar-refractivity contribution in [1.29, 1.82) is 0 Å². The molecule has 0 aromatic heterocycles. The highest BCUT2D eigenvalue weighted by Gasteiger charge is 2.32. The van der Waals surface area contributed by atoms with Crippen molar-refractivity contribution in [3.8, 4) is 0 Å². The summed E-state index contributed by atoms with van der Waals surface area (Å²) >= 11 is 0. The van der Waals surface area contributed by atoms with Crippen LogP contribution in [0.15, 0.2) is 24.3 Å². The quantitative estimate of drug-likeness (QED) is 0.496. The van der Waals surface area contributed by atoms with Crippen molar-refractivity contribution in [1.82, 2.24) is 5.32 Å². The van der Waals surface area contributed by atoms with Gasteiger partial charge < -0.3 is 16.2 Å². The van der Waals surface area contributed by atoms with Crippen molar-refractivity contribution in [3.63, 3.8) is 0 Å². The van der Waals surface area contributed by atoms with Crippen LogP contribution in [0.5, 0.6) is 0 Å². The van der Waals surface area contributed by atoms with E-state index < -0.39 is 11.5 Å². The van der Waals surface area contributed by atoms with Crippen LogP contribution in [0.25, 0.3) is 0 Å². The Bertz CT molecular complexity index is 406. The van der Waals surface area contributed by atoms with Gasteiger partial charge in [-0.1, -0.05) is 12.1 Å². The predicted octanol–water partition coefficient (Wildman–Crippen LogP) is 0.401. The van der Waals surface area contributed by atoms with Gasteiger partial charge in [0.05, 0.1) is 0 Å². The highest BCUT2D eigenvalue weighted by atomic mass is 16.4. The first-order valence-corrected chi connectivity index (χ1v) is 4.77. The van der Waals surface area contributed by atoms with Gasteiger partial charge >= 0.3 is 5.97 Å². The van der Waals surface area contributed by atoms with Gasteiger partial charge in [-0.2, -0.15) is 0 Å². The minimum Gasteiger partial charge on any atom is -0.480 e. The Labute approximate surface area is 93.3 Å². The smallest absolute Gasteiger partial charge is 0.329 e. The number of anilines is 1. The predicted molar refractivity (Wildman–Crippen MR) is 59.8 cm³/mol. The molecule has 5 heteroatoms. The summed E-state index contributed by atoms with van der Waals surface area (Å²) in [5, 5.41) is 11.3. The summed E-state index contributed by atoms with van der Waals surface area (Å²) in [4.78, 5) is 21.4. The van der Waals surface area contributed by atoms with E-state index in [1.807, 2.05) is 0 Å². The Hall–Kier alpha value is -2.04. The molecule has 0 saturated carbocycles. The van der Waals surface area contributed by atoms with E-state index in [9.17, 15) is 9.59 Å². The molecule has 0 unspecified atom stereocenters. The fourth-order valence-electron chi connectivity index (χ4n) is 1.43. The van der Waals surface area contributed by atoms with Gasteiger partial charge in [0.25, 0.3) is 0 Å². The largest absolute Gasteiger partial charge is 0.480 e. The number of nitrogens with one attached hydrogen (secondary N) is 1. The zero-order chi connectivity index (χ0) is 12.2. The van der Waals surface area contributed by atoms with Crippen LogP contribution in [-0.2, 0) is 16.0 Å². The number of carbonyl (C=O) groups is 2. The number of rotatable bonds is 5. The molecule has 0 heterocycles. The topological polar surface area (TPSA) is 92.4 Å². The van der Waals surface area contributed by atoms with Crippen LogP contribution >= 0.6 is 0 Å². The Kier molecular flexibility index (Phi) is 3.50. The molecule has 1 rings (SSSR count). The Balaban J connectivity index is 2.92. The van der Waals surface area contributed by atoms with Crippen molar-refractivity contribution >= 4 is 18.1 Å². The zero-order valence-corrected chi connectivity index (χ0v) is 8.93. The molecule has 1 aromatic rings. The average molecular weight is 222 g/mol. The standard InChI is InChI=1S/C11H14N2O3/c1-11(10(15)16,13-7-14)6-8-3-2-4-9(12)5-8/h2-5,7H,6,12H2,1H3,(H,13,14)(H,15,16)/t11-/m0/s1. The van der Waals surface area contributed by atoms with Crippen molar-refractivity contribution in [2.45, 2.75) is 18.9 Å². The minimum absolute atomic E-state index is 0.187. The number of hydrogen-bond acceptors (Lipinski definition) is 3. The Morgan fingerprint density at radius 1 is 1.62 bits per heavy atom. The molecule has 0 radical (unpaired) electrons. The minimum atomic E-state index is -1.31. The summed E-state index contributed by atoms with van der Waals surface area (Å²) in [6, 6.07) is 6.92. The number of carboxylic acids is 1.